The molecule has 24 heavy (non-hydrogen) atoms. The molecule has 2 fully saturated rings. The molecule has 3 rings (SSSR count). The van der Waals surface area contributed by atoms with Gasteiger partial charge in [-0.3, -0.25) is 20.4 Å². The molecular weight excluding hydrogens is 304 g/mol. The second-order valence-corrected chi connectivity index (χ2v) is 6.72. The summed E-state index contributed by atoms with van der Waals surface area (Å²) in [6.07, 6.45) is 2.13. The minimum absolute atomic E-state index is 0.0112. The zero-order valence-corrected chi connectivity index (χ0v) is 14.1. The third-order valence-corrected chi connectivity index (χ3v) is 5.06. The van der Waals surface area contributed by atoms with Gasteiger partial charge in [-0.15, -0.1) is 0 Å². The van der Waals surface area contributed by atoms with Crippen LogP contribution in [0.2, 0.25) is 0 Å². The van der Waals surface area contributed by atoms with E-state index in [4.69, 9.17) is 0 Å². The predicted molar refractivity (Wildman–Crippen MR) is 92.1 cm³/mol. The average Bonchev–Trinajstić information content (AvgIpc) is 3.10. The quantitative estimate of drug-likeness (QED) is 0.757. The summed E-state index contributed by atoms with van der Waals surface area (Å²) in [4.78, 5) is 25.2. The zero-order valence-electron chi connectivity index (χ0n) is 14.1. The Labute approximate surface area is 143 Å². The standard InChI is InChI=1S/C18H26N4O2/c1-13(23)19-11-17(24)22-9-5-8-15(12-22)18-16(10-20-21-18)14-6-3-2-4-7-14/h2-4,6-7,15-16,18,20-21H,5,8-12H2,1H3,(H,19,23). The van der Waals surface area contributed by atoms with Gasteiger partial charge in [0.1, 0.15) is 0 Å². The maximum Gasteiger partial charge on any atom is 0.241 e. The molecule has 0 saturated carbocycles. The summed E-state index contributed by atoms with van der Waals surface area (Å²) < 4.78 is 0. The first-order valence-corrected chi connectivity index (χ1v) is 8.70. The second-order valence-electron chi connectivity index (χ2n) is 6.72. The molecule has 6 heteroatoms. The van der Waals surface area contributed by atoms with E-state index in [0.29, 0.717) is 17.9 Å². The van der Waals surface area contributed by atoms with Crippen molar-refractivity contribution in [2.24, 2.45) is 5.92 Å². The van der Waals surface area contributed by atoms with E-state index in [1.807, 2.05) is 11.0 Å². The number of amides is 2. The topological polar surface area (TPSA) is 73.5 Å². The number of hydrazine groups is 1. The van der Waals surface area contributed by atoms with Gasteiger partial charge >= 0.3 is 0 Å². The van der Waals surface area contributed by atoms with E-state index in [9.17, 15) is 9.59 Å². The van der Waals surface area contributed by atoms with Crippen LogP contribution in [0.25, 0.3) is 0 Å². The number of hydrogen-bond acceptors (Lipinski definition) is 4. The molecule has 0 bridgehead atoms. The largest absolute Gasteiger partial charge is 0.347 e. The van der Waals surface area contributed by atoms with Crippen molar-refractivity contribution in [2.75, 3.05) is 26.2 Å². The normalized spacial score (nSPS) is 27.0. The van der Waals surface area contributed by atoms with Gasteiger partial charge in [-0.2, -0.15) is 0 Å². The highest BCUT2D eigenvalue weighted by Gasteiger charge is 2.37. The number of likely N-dealkylation sites (tertiary alicyclic amines) is 1. The highest BCUT2D eigenvalue weighted by molar-refractivity contribution is 5.83. The predicted octanol–water partition coefficient (Wildman–Crippen LogP) is 0.621. The van der Waals surface area contributed by atoms with E-state index in [2.05, 4.69) is 40.4 Å². The highest BCUT2D eigenvalue weighted by atomic mass is 16.2. The molecule has 3 atom stereocenters. The van der Waals surface area contributed by atoms with E-state index in [-0.39, 0.29) is 18.4 Å². The minimum atomic E-state index is -0.164. The van der Waals surface area contributed by atoms with Gasteiger partial charge in [-0.1, -0.05) is 30.3 Å². The smallest absolute Gasteiger partial charge is 0.241 e. The van der Waals surface area contributed by atoms with Crippen molar-refractivity contribution in [3.63, 3.8) is 0 Å². The third-order valence-electron chi connectivity index (χ3n) is 5.06. The molecule has 1 aromatic rings. The lowest BCUT2D eigenvalue weighted by atomic mass is 9.81. The molecule has 2 saturated heterocycles. The van der Waals surface area contributed by atoms with Gasteiger partial charge in [0, 0.05) is 38.5 Å². The maximum atomic E-state index is 12.3. The van der Waals surface area contributed by atoms with Gasteiger partial charge < -0.3 is 10.2 Å². The number of nitrogens with zero attached hydrogens (tertiary/aromatic N) is 1. The molecule has 1 aromatic carbocycles. The Kier molecular flexibility index (Phi) is 5.48. The van der Waals surface area contributed by atoms with Gasteiger partial charge in [-0.05, 0) is 24.3 Å². The molecule has 2 amide bonds. The number of nitrogens with one attached hydrogen (secondary N) is 3. The van der Waals surface area contributed by atoms with Crippen LogP contribution in [0, 0.1) is 5.92 Å². The summed E-state index contributed by atoms with van der Waals surface area (Å²) in [6.45, 7) is 3.97. The van der Waals surface area contributed by atoms with E-state index in [0.717, 1.165) is 32.5 Å². The summed E-state index contributed by atoms with van der Waals surface area (Å²) in [7, 11) is 0. The maximum absolute atomic E-state index is 12.3. The van der Waals surface area contributed by atoms with Crippen molar-refractivity contribution >= 4 is 11.8 Å². The van der Waals surface area contributed by atoms with Gasteiger partial charge in [-0.25, -0.2) is 0 Å². The minimum Gasteiger partial charge on any atom is -0.347 e. The Bertz CT molecular complexity index is 578. The van der Waals surface area contributed by atoms with Crippen LogP contribution in [-0.2, 0) is 9.59 Å². The van der Waals surface area contributed by atoms with Crippen LogP contribution in [0.5, 0.6) is 0 Å². The molecule has 2 aliphatic rings. The summed E-state index contributed by atoms with van der Waals surface area (Å²) in [5, 5.41) is 2.60. The summed E-state index contributed by atoms with van der Waals surface area (Å²) in [5.74, 6) is 0.682. The molecule has 3 unspecified atom stereocenters. The Morgan fingerprint density at radius 3 is 2.83 bits per heavy atom. The zero-order chi connectivity index (χ0) is 16.9. The third kappa shape index (κ3) is 3.94. The molecule has 2 heterocycles. The summed E-state index contributed by atoms with van der Waals surface area (Å²) in [5.41, 5.74) is 8.05. The lowest BCUT2D eigenvalue weighted by Crippen LogP contribution is -2.50. The van der Waals surface area contributed by atoms with E-state index < -0.39 is 0 Å². The van der Waals surface area contributed by atoms with Crippen molar-refractivity contribution in [3.8, 4) is 0 Å². The molecule has 3 N–H and O–H groups in total. The lowest BCUT2D eigenvalue weighted by Gasteiger charge is -2.37. The van der Waals surface area contributed by atoms with E-state index in [1.165, 1.54) is 12.5 Å². The SMILES string of the molecule is CC(=O)NCC(=O)N1CCCC(C2NNCC2c2ccccc2)C1. The van der Waals surface area contributed by atoms with Crippen molar-refractivity contribution < 1.29 is 9.59 Å². The number of hydrogen-bond donors (Lipinski definition) is 3. The van der Waals surface area contributed by atoms with Crippen LogP contribution in [0.15, 0.2) is 30.3 Å². The van der Waals surface area contributed by atoms with Crippen LogP contribution in [-0.4, -0.2) is 48.9 Å². The van der Waals surface area contributed by atoms with E-state index in [1.54, 1.807) is 0 Å². The van der Waals surface area contributed by atoms with Gasteiger partial charge in [0.2, 0.25) is 11.8 Å². The number of benzene rings is 1. The van der Waals surface area contributed by atoms with Crippen LogP contribution < -0.4 is 16.2 Å². The van der Waals surface area contributed by atoms with Crippen LogP contribution >= 0.6 is 0 Å². The molecule has 0 radical (unpaired) electrons. The van der Waals surface area contributed by atoms with Crippen LogP contribution in [0.4, 0.5) is 0 Å². The number of carbonyl (C=O) groups is 2. The monoisotopic (exact) mass is 330 g/mol. The molecule has 6 nitrogen and oxygen atoms in total. The highest BCUT2D eigenvalue weighted by Crippen LogP contribution is 2.31. The number of carbonyl (C=O) groups excluding carboxylic acids is 2. The summed E-state index contributed by atoms with van der Waals surface area (Å²) in [6, 6.07) is 10.9. The average molecular weight is 330 g/mol. The van der Waals surface area contributed by atoms with Crippen LogP contribution in [0.3, 0.4) is 0 Å². The lowest BCUT2D eigenvalue weighted by molar-refractivity contribution is -0.134. The van der Waals surface area contributed by atoms with Crippen LogP contribution in [0.1, 0.15) is 31.2 Å². The second kappa shape index (κ2) is 7.77. The Morgan fingerprint density at radius 2 is 2.08 bits per heavy atom. The van der Waals surface area contributed by atoms with Crippen molar-refractivity contribution in [1.29, 1.82) is 0 Å². The van der Waals surface area contributed by atoms with Gasteiger partial charge in [0.05, 0.1) is 6.54 Å². The van der Waals surface area contributed by atoms with Gasteiger partial charge in [0.25, 0.3) is 0 Å². The fraction of sp³-hybridized carbons (Fsp3) is 0.556. The summed E-state index contributed by atoms with van der Waals surface area (Å²) >= 11 is 0. The van der Waals surface area contributed by atoms with Gasteiger partial charge in [0.15, 0.2) is 0 Å². The van der Waals surface area contributed by atoms with Crippen molar-refractivity contribution in [2.45, 2.75) is 31.7 Å². The van der Waals surface area contributed by atoms with Crippen molar-refractivity contribution in [3.05, 3.63) is 35.9 Å². The fourth-order valence-electron chi connectivity index (χ4n) is 3.83. The first kappa shape index (κ1) is 16.9. The Hall–Kier alpha value is -1.92. The fourth-order valence-corrected chi connectivity index (χ4v) is 3.83. The Morgan fingerprint density at radius 1 is 1.29 bits per heavy atom. The molecular formula is C18H26N4O2. The van der Waals surface area contributed by atoms with Crippen molar-refractivity contribution in [1.82, 2.24) is 21.1 Å². The Balaban J connectivity index is 1.63. The molecule has 0 aromatic heterocycles. The molecule has 2 aliphatic heterocycles. The van der Waals surface area contributed by atoms with E-state index >= 15 is 0 Å². The molecule has 130 valence electrons. The first-order valence-electron chi connectivity index (χ1n) is 8.70. The first-order chi connectivity index (χ1) is 11.6. The molecule has 0 spiro atoms. The number of rotatable bonds is 4. The molecule has 0 aliphatic carbocycles. The number of piperidine rings is 1.